The van der Waals surface area contributed by atoms with Gasteiger partial charge in [0.05, 0.1) is 0 Å². The molecule has 0 atom stereocenters. The number of hydrogen-bond donors (Lipinski definition) is 1. The van der Waals surface area contributed by atoms with E-state index >= 15 is 0 Å². The van der Waals surface area contributed by atoms with Crippen LogP contribution in [0.1, 0.15) is 33.1 Å². The fourth-order valence-electron chi connectivity index (χ4n) is 0.764. The zero-order valence-electron chi connectivity index (χ0n) is 8.06. The van der Waals surface area contributed by atoms with Crippen molar-refractivity contribution in [2.24, 2.45) is 0 Å². The van der Waals surface area contributed by atoms with E-state index in [0.717, 1.165) is 18.7 Å². The third kappa shape index (κ3) is 7.92. The maximum Gasteiger partial charge on any atom is 0.220 e. The summed E-state index contributed by atoms with van der Waals surface area (Å²) in [6, 6.07) is 0. The first-order chi connectivity index (χ1) is 5.81. The second-order valence-corrected chi connectivity index (χ2v) is 3.94. The number of amides is 1. The van der Waals surface area contributed by atoms with Crippen LogP contribution in [-0.2, 0) is 4.79 Å². The Balaban J connectivity index is 3.08. The van der Waals surface area contributed by atoms with Gasteiger partial charge in [-0.2, -0.15) is 11.8 Å². The highest BCUT2D eigenvalue weighted by Gasteiger charge is 1.98. The minimum Gasteiger partial charge on any atom is -0.356 e. The van der Waals surface area contributed by atoms with Crippen molar-refractivity contribution in [3.05, 3.63) is 0 Å². The van der Waals surface area contributed by atoms with E-state index in [1.807, 2.05) is 11.8 Å². The predicted octanol–water partition coefficient (Wildman–Crippen LogP) is 2.05. The van der Waals surface area contributed by atoms with Gasteiger partial charge < -0.3 is 5.32 Å². The van der Waals surface area contributed by atoms with Gasteiger partial charge in [-0.05, 0) is 18.6 Å². The van der Waals surface area contributed by atoms with Crippen molar-refractivity contribution < 1.29 is 4.79 Å². The molecular formula is C9H19NOS. The summed E-state index contributed by atoms with van der Waals surface area (Å²) in [6.45, 7) is 5.04. The van der Waals surface area contributed by atoms with Gasteiger partial charge in [-0.25, -0.2) is 0 Å². The van der Waals surface area contributed by atoms with E-state index in [9.17, 15) is 4.79 Å². The van der Waals surface area contributed by atoms with Crippen LogP contribution >= 0.6 is 11.8 Å². The first-order valence-corrected chi connectivity index (χ1v) is 5.81. The van der Waals surface area contributed by atoms with Crippen molar-refractivity contribution in [2.45, 2.75) is 33.1 Å². The van der Waals surface area contributed by atoms with Crippen molar-refractivity contribution in [1.29, 1.82) is 0 Å². The van der Waals surface area contributed by atoms with Gasteiger partial charge in [-0.15, -0.1) is 0 Å². The van der Waals surface area contributed by atoms with Crippen molar-refractivity contribution in [2.75, 3.05) is 18.1 Å². The average Bonchev–Trinajstić information content (AvgIpc) is 2.09. The van der Waals surface area contributed by atoms with Crippen LogP contribution in [0.2, 0.25) is 0 Å². The van der Waals surface area contributed by atoms with Crippen LogP contribution in [0.5, 0.6) is 0 Å². The fraction of sp³-hybridized carbons (Fsp3) is 0.889. The van der Waals surface area contributed by atoms with E-state index in [1.165, 1.54) is 12.2 Å². The van der Waals surface area contributed by atoms with E-state index in [-0.39, 0.29) is 5.91 Å². The summed E-state index contributed by atoms with van der Waals surface area (Å²) in [5, 5.41) is 2.86. The molecule has 0 aromatic rings. The van der Waals surface area contributed by atoms with Gasteiger partial charge in [0.25, 0.3) is 0 Å². The smallest absolute Gasteiger partial charge is 0.220 e. The molecule has 0 saturated heterocycles. The first-order valence-electron chi connectivity index (χ1n) is 4.65. The van der Waals surface area contributed by atoms with Gasteiger partial charge in [0, 0.05) is 18.7 Å². The van der Waals surface area contributed by atoms with Crippen LogP contribution in [0.25, 0.3) is 0 Å². The minimum atomic E-state index is 0.195. The summed E-state index contributed by atoms with van der Waals surface area (Å²) in [4.78, 5) is 11.0. The number of carbonyl (C=O) groups is 1. The van der Waals surface area contributed by atoms with Gasteiger partial charge in [0.1, 0.15) is 0 Å². The van der Waals surface area contributed by atoms with Gasteiger partial charge in [-0.1, -0.05) is 13.8 Å². The van der Waals surface area contributed by atoms with E-state index in [0.29, 0.717) is 6.42 Å². The zero-order valence-corrected chi connectivity index (χ0v) is 8.88. The number of hydrogen-bond acceptors (Lipinski definition) is 2. The van der Waals surface area contributed by atoms with Crippen molar-refractivity contribution >= 4 is 17.7 Å². The van der Waals surface area contributed by atoms with Crippen LogP contribution in [0.4, 0.5) is 0 Å². The lowest BCUT2D eigenvalue weighted by atomic mass is 10.4. The van der Waals surface area contributed by atoms with E-state index in [2.05, 4.69) is 19.2 Å². The molecule has 0 aliphatic carbocycles. The Morgan fingerprint density at radius 3 is 2.58 bits per heavy atom. The molecule has 0 heterocycles. The second kappa shape index (κ2) is 8.91. The molecule has 0 saturated carbocycles. The van der Waals surface area contributed by atoms with Crippen LogP contribution in [0, 0.1) is 0 Å². The summed E-state index contributed by atoms with van der Waals surface area (Å²) < 4.78 is 0. The molecule has 0 aromatic heterocycles. The molecule has 0 aliphatic rings. The fourth-order valence-corrected chi connectivity index (χ4v) is 1.59. The molecule has 3 heteroatoms. The molecule has 0 unspecified atom stereocenters. The highest BCUT2D eigenvalue weighted by Crippen LogP contribution is 2.03. The number of nitrogens with one attached hydrogen (secondary N) is 1. The van der Waals surface area contributed by atoms with Crippen molar-refractivity contribution in [3.63, 3.8) is 0 Å². The maximum absolute atomic E-state index is 11.0. The molecule has 1 amide bonds. The Morgan fingerprint density at radius 2 is 2.00 bits per heavy atom. The van der Waals surface area contributed by atoms with Gasteiger partial charge in [-0.3, -0.25) is 4.79 Å². The first kappa shape index (κ1) is 11.8. The van der Waals surface area contributed by atoms with Crippen molar-refractivity contribution in [1.82, 2.24) is 5.32 Å². The summed E-state index contributed by atoms with van der Waals surface area (Å²) in [5.74, 6) is 2.32. The molecule has 0 aromatic carbocycles. The molecule has 72 valence electrons. The van der Waals surface area contributed by atoms with Crippen LogP contribution < -0.4 is 5.32 Å². The average molecular weight is 189 g/mol. The molecule has 12 heavy (non-hydrogen) atoms. The van der Waals surface area contributed by atoms with Crippen LogP contribution in [0.3, 0.4) is 0 Å². The Morgan fingerprint density at radius 1 is 1.25 bits per heavy atom. The lowest BCUT2D eigenvalue weighted by molar-refractivity contribution is -0.120. The quantitative estimate of drug-likeness (QED) is 0.621. The summed E-state index contributed by atoms with van der Waals surface area (Å²) in [7, 11) is 0. The minimum absolute atomic E-state index is 0.195. The van der Waals surface area contributed by atoms with Crippen molar-refractivity contribution in [3.8, 4) is 0 Å². The zero-order chi connectivity index (χ0) is 9.23. The lowest BCUT2D eigenvalue weighted by Crippen LogP contribution is -2.24. The van der Waals surface area contributed by atoms with Gasteiger partial charge in [0.15, 0.2) is 0 Å². The highest BCUT2D eigenvalue weighted by atomic mass is 32.2. The van der Waals surface area contributed by atoms with Gasteiger partial charge in [0.2, 0.25) is 5.91 Å². The Bertz CT molecular complexity index is 117. The standard InChI is InChI=1S/C9H19NOS/c1-3-6-10-9(11)5-8-12-7-4-2/h3-8H2,1-2H3,(H,10,11). The number of carbonyl (C=O) groups excluding carboxylic acids is 1. The Hall–Kier alpha value is -0.180. The monoisotopic (exact) mass is 189 g/mol. The maximum atomic E-state index is 11.0. The topological polar surface area (TPSA) is 29.1 Å². The van der Waals surface area contributed by atoms with Crippen LogP contribution in [-0.4, -0.2) is 24.0 Å². The van der Waals surface area contributed by atoms with E-state index in [1.54, 1.807) is 0 Å². The third-order valence-electron chi connectivity index (χ3n) is 1.39. The summed E-state index contributed by atoms with van der Waals surface area (Å²) >= 11 is 1.85. The number of thioether (sulfide) groups is 1. The molecule has 0 fully saturated rings. The van der Waals surface area contributed by atoms with Gasteiger partial charge >= 0.3 is 0 Å². The molecule has 1 N–H and O–H groups in total. The molecule has 0 rings (SSSR count). The predicted molar refractivity (Wildman–Crippen MR) is 55.5 cm³/mol. The van der Waals surface area contributed by atoms with E-state index < -0.39 is 0 Å². The molecule has 0 spiro atoms. The summed E-state index contributed by atoms with van der Waals surface area (Å²) in [5.41, 5.74) is 0. The number of rotatable bonds is 7. The molecule has 0 aliphatic heterocycles. The Kier molecular flexibility index (Phi) is 8.78. The largest absolute Gasteiger partial charge is 0.356 e. The second-order valence-electron chi connectivity index (χ2n) is 2.71. The van der Waals surface area contributed by atoms with Crippen LogP contribution in [0.15, 0.2) is 0 Å². The molecular weight excluding hydrogens is 170 g/mol. The molecule has 0 radical (unpaired) electrons. The summed E-state index contributed by atoms with van der Waals surface area (Å²) in [6.07, 6.45) is 2.89. The Labute approximate surface area is 79.5 Å². The third-order valence-corrected chi connectivity index (χ3v) is 2.58. The highest BCUT2D eigenvalue weighted by molar-refractivity contribution is 7.99. The molecule has 2 nitrogen and oxygen atoms in total. The lowest BCUT2D eigenvalue weighted by Gasteiger charge is -2.02. The molecule has 0 bridgehead atoms. The normalized spacial score (nSPS) is 9.83. The SMILES string of the molecule is CCCNC(=O)CCSCCC. The van der Waals surface area contributed by atoms with E-state index in [4.69, 9.17) is 0 Å².